The largest absolute Gasteiger partial charge is 0.252 e. The Morgan fingerprint density at radius 2 is 1.55 bits per heavy atom. The number of halogens is 2. The molecule has 0 unspecified atom stereocenters. The molecule has 0 spiro atoms. The average Bonchev–Trinajstić information content (AvgIpc) is 3.30. The molecule has 0 saturated heterocycles. The molecular weight excluding hydrogens is 549 g/mol. The molecule has 4 rings (SSSR count). The van der Waals surface area contributed by atoms with Crippen molar-refractivity contribution in [2.45, 2.75) is 14.9 Å². The summed E-state index contributed by atoms with van der Waals surface area (Å²) >= 11 is 4.67. The van der Waals surface area contributed by atoms with Crippen LogP contribution in [0.2, 0.25) is 0 Å². The molecule has 0 aliphatic rings. The zero-order valence-electron chi connectivity index (χ0n) is 17.2. The van der Waals surface area contributed by atoms with Crippen molar-refractivity contribution < 1.29 is 21.2 Å². The second-order valence-electron chi connectivity index (χ2n) is 7.34. The molecule has 33 heavy (non-hydrogen) atoms. The third-order valence-electron chi connectivity index (χ3n) is 5.02. The van der Waals surface area contributed by atoms with Gasteiger partial charge in [-0.1, -0.05) is 36.4 Å². The molecule has 4 aromatic rings. The number of sulfone groups is 2. The minimum atomic E-state index is -3.63. The summed E-state index contributed by atoms with van der Waals surface area (Å²) in [5.74, 6) is -0.658. The minimum Gasteiger partial charge on any atom is -0.252 e. The molecule has 0 amide bonds. The predicted molar refractivity (Wildman–Crippen MR) is 131 cm³/mol. The van der Waals surface area contributed by atoms with Crippen molar-refractivity contribution in [2.75, 3.05) is 6.26 Å². The van der Waals surface area contributed by atoms with Crippen LogP contribution in [0.15, 0.2) is 85.9 Å². The third kappa shape index (κ3) is 5.08. The van der Waals surface area contributed by atoms with Crippen LogP contribution in [0.3, 0.4) is 0 Å². The molecule has 0 atom stereocenters. The predicted octanol–water partition coefficient (Wildman–Crippen LogP) is 5.76. The van der Waals surface area contributed by atoms with Crippen molar-refractivity contribution in [2.24, 2.45) is 0 Å². The average molecular weight is 566 g/mol. The third-order valence-corrected chi connectivity index (χ3v) is 9.99. The van der Waals surface area contributed by atoms with Crippen LogP contribution >= 0.6 is 27.3 Å². The van der Waals surface area contributed by atoms with Gasteiger partial charge in [0.1, 0.15) is 10.0 Å². The van der Waals surface area contributed by atoms with E-state index in [1.807, 2.05) is 0 Å². The summed E-state index contributed by atoms with van der Waals surface area (Å²) in [6, 6.07) is 15.8. The smallest absolute Gasteiger partial charge is 0.193 e. The van der Waals surface area contributed by atoms with Crippen molar-refractivity contribution in [1.82, 2.24) is 4.98 Å². The Hall–Kier alpha value is -2.40. The van der Waals surface area contributed by atoms with Crippen LogP contribution in [0, 0.1) is 5.82 Å². The van der Waals surface area contributed by atoms with Crippen LogP contribution < -0.4 is 0 Å². The Morgan fingerprint density at radius 3 is 2.12 bits per heavy atom. The summed E-state index contributed by atoms with van der Waals surface area (Å²) in [5.41, 5.74) is 4.76. The SMILES string of the molecule is CS(=O)(=O)c1ccc(-c2ccc(CS(=O)(=O)c3cncs3)c(-c3ccc(F)cc3)c2Br)cc1. The lowest BCUT2D eigenvalue weighted by atomic mass is 9.95. The van der Waals surface area contributed by atoms with Gasteiger partial charge < -0.3 is 0 Å². The lowest BCUT2D eigenvalue weighted by Crippen LogP contribution is -2.05. The van der Waals surface area contributed by atoms with Gasteiger partial charge in [-0.25, -0.2) is 21.2 Å². The molecule has 0 N–H and O–H groups in total. The first-order chi connectivity index (χ1) is 15.6. The maximum atomic E-state index is 13.6. The second-order valence-corrected chi connectivity index (χ2v) is 13.3. The van der Waals surface area contributed by atoms with E-state index < -0.39 is 25.5 Å². The summed E-state index contributed by atoms with van der Waals surface area (Å²) in [6.45, 7) is 0. The van der Waals surface area contributed by atoms with Crippen molar-refractivity contribution in [1.29, 1.82) is 0 Å². The number of aromatic nitrogens is 1. The zero-order chi connectivity index (χ0) is 23.8. The highest BCUT2D eigenvalue weighted by Crippen LogP contribution is 2.40. The van der Waals surface area contributed by atoms with Gasteiger partial charge in [-0.15, -0.1) is 11.3 Å². The normalized spacial score (nSPS) is 12.1. The van der Waals surface area contributed by atoms with E-state index in [1.165, 1.54) is 36.0 Å². The van der Waals surface area contributed by atoms with E-state index >= 15 is 0 Å². The lowest BCUT2D eigenvalue weighted by molar-refractivity contribution is 0.596. The van der Waals surface area contributed by atoms with Crippen LogP contribution in [0.25, 0.3) is 22.3 Å². The van der Waals surface area contributed by atoms with E-state index in [2.05, 4.69) is 20.9 Å². The monoisotopic (exact) mass is 565 g/mol. The number of nitrogens with zero attached hydrogens (tertiary/aromatic N) is 1. The van der Waals surface area contributed by atoms with E-state index in [4.69, 9.17) is 0 Å². The molecule has 1 aromatic heterocycles. The first-order valence-electron chi connectivity index (χ1n) is 9.55. The molecule has 0 bridgehead atoms. The van der Waals surface area contributed by atoms with Crippen molar-refractivity contribution in [3.05, 3.63) is 88.2 Å². The topological polar surface area (TPSA) is 81.2 Å². The molecule has 1 heterocycles. The summed E-state index contributed by atoms with van der Waals surface area (Å²) in [6.07, 6.45) is 2.47. The summed E-state index contributed by atoms with van der Waals surface area (Å²) in [4.78, 5) is 4.06. The molecule has 0 aliphatic carbocycles. The highest BCUT2D eigenvalue weighted by atomic mass is 79.9. The highest BCUT2D eigenvalue weighted by molar-refractivity contribution is 9.10. The Balaban J connectivity index is 1.86. The highest BCUT2D eigenvalue weighted by Gasteiger charge is 2.22. The van der Waals surface area contributed by atoms with Crippen LogP contribution in [-0.4, -0.2) is 28.1 Å². The van der Waals surface area contributed by atoms with Crippen LogP contribution in [0.1, 0.15) is 5.56 Å². The molecule has 10 heteroatoms. The summed E-state index contributed by atoms with van der Waals surface area (Å²) < 4.78 is 63.8. The van der Waals surface area contributed by atoms with Gasteiger partial charge in [0, 0.05) is 16.3 Å². The number of benzene rings is 3. The van der Waals surface area contributed by atoms with Gasteiger partial charge in [0.05, 0.1) is 22.4 Å². The Kier molecular flexibility index (Phi) is 6.54. The fraction of sp³-hybridized carbons (Fsp3) is 0.0870. The first-order valence-corrected chi connectivity index (χ1v) is 14.8. The second kappa shape index (κ2) is 9.09. The van der Waals surface area contributed by atoms with Gasteiger partial charge in [-0.3, -0.25) is 4.98 Å². The molecule has 0 aliphatic heterocycles. The van der Waals surface area contributed by atoms with Crippen molar-refractivity contribution >= 4 is 46.9 Å². The molecule has 3 aromatic carbocycles. The van der Waals surface area contributed by atoms with Crippen molar-refractivity contribution in [3.8, 4) is 22.3 Å². The summed E-state index contributed by atoms with van der Waals surface area (Å²) in [5, 5.41) is 0. The zero-order valence-corrected chi connectivity index (χ0v) is 21.2. The Morgan fingerprint density at radius 1 is 0.909 bits per heavy atom. The number of hydrogen-bond acceptors (Lipinski definition) is 6. The number of rotatable bonds is 6. The first kappa shape index (κ1) is 23.7. The number of hydrogen-bond donors (Lipinski definition) is 0. The molecule has 0 radical (unpaired) electrons. The minimum absolute atomic E-state index is 0.170. The van der Waals surface area contributed by atoms with E-state index in [9.17, 15) is 21.2 Å². The maximum Gasteiger partial charge on any atom is 0.193 e. The van der Waals surface area contributed by atoms with E-state index in [1.54, 1.807) is 36.4 Å². The van der Waals surface area contributed by atoms with Gasteiger partial charge in [-0.05, 0) is 62.4 Å². The van der Waals surface area contributed by atoms with E-state index in [-0.39, 0.29) is 14.9 Å². The maximum absolute atomic E-state index is 13.6. The molecule has 5 nitrogen and oxygen atoms in total. The van der Waals surface area contributed by atoms with Gasteiger partial charge in [-0.2, -0.15) is 0 Å². The van der Waals surface area contributed by atoms with Gasteiger partial charge >= 0.3 is 0 Å². The Bertz CT molecular complexity index is 1520. The molecular formula is C23H17BrFNO4S3. The van der Waals surface area contributed by atoms with E-state index in [0.717, 1.165) is 28.7 Å². The van der Waals surface area contributed by atoms with E-state index in [0.29, 0.717) is 21.2 Å². The van der Waals surface area contributed by atoms with Crippen LogP contribution in [0.4, 0.5) is 4.39 Å². The van der Waals surface area contributed by atoms with Crippen molar-refractivity contribution in [3.63, 3.8) is 0 Å². The quantitative estimate of drug-likeness (QED) is 0.297. The number of thiazole rings is 1. The van der Waals surface area contributed by atoms with Gasteiger partial charge in [0.2, 0.25) is 0 Å². The Labute approximate surface area is 203 Å². The fourth-order valence-corrected chi connectivity index (χ4v) is 7.13. The lowest BCUT2D eigenvalue weighted by Gasteiger charge is -2.16. The van der Waals surface area contributed by atoms with Gasteiger partial charge in [0.15, 0.2) is 19.7 Å². The van der Waals surface area contributed by atoms with Crippen LogP contribution in [-0.2, 0) is 25.4 Å². The molecule has 0 fully saturated rings. The van der Waals surface area contributed by atoms with Crippen LogP contribution in [0.5, 0.6) is 0 Å². The fourth-order valence-electron chi connectivity index (χ4n) is 3.40. The standard InChI is InChI=1S/C23H17BrFNO4S3/c1-32(27,28)19-9-4-15(5-10-19)20-11-6-17(13-33(29,30)21-12-26-14-31-21)22(23(20)24)16-2-7-18(25)8-3-16/h2-12,14H,13H2,1H3. The van der Waals surface area contributed by atoms with Gasteiger partial charge in [0.25, 0.3) is 0 Å². The molecule has 170 valence electrons. The summed E-state index contributed by atoms with van der Waals surface area (Å²) in [7, 11) is -6.96. The molecule has 0 saturated carbocycles.